The molecule has 1 aliphatic heterocycles. The molecule has 0 bridgehead atoms. The largest absolute Gasteiger partial charge is 0.372 e. The molecule has 0 saturated carbocycles. The third-order valence-electron chi connectivity index (χ3n) is 4.15. The minimum absolute atomic E-state index is 0.413. The molecular formula is C17H28N2OS. The molecule has 2 atom stereocenters. The van der Waals surface area contributed by atoms with E-state index in [1.807, 2.05) is 0 Å². The van der Waals surface area contributed by atoms with E-state index >= 15 is 0 Å². The van der Waals surface area contributed by atoms with Crippen LogP contribution in [0, 0.1) is 0 Å². The molecule has 1 heterocycles. The van der Waals surface area contributed by atoms with Crippen molar-refractivity contribution in [2.24, 2.45) is 0 Å². The second-order valence-corrected chi connectivity index (χ2v) is 7.62. The van der Waals surface area contributed by atoms with Gasteiger partial charge in [-0.25, -0.2) is 0 Å². The Bertz CT molecular complexity index is 441. The number of nitrogens with one attached hydrogen (secondary N) is 1. The van der Waals surface area contributed by atoms with Gasteiger partial charge in [-0.1, -0.05) is 12.1 Å². The molecule has 0 spiro atoms. The highest BCUT2D eigenvalue weighted by Crippen LogP contribution is 2.20. The van der Waals surface area contributed by atoms with Gasteiger partial charge in [0.1, 0.15) is 0 Å². The molecule has 1 saturated heterocycles. The molecule has 1 aromatic rings. The zero-order valence-electron chi connectivity index (χ0n) is 13.3. The van der Waals surface area contributed by atoms with Crippen LogP contribution in [0.25, 0.3) is 0 Å². The molecule has 21 heavy (non-hydrogen) atoms. The van der Waals surface area contributed by atoms with Crippen molar-refractivity contribution in [3.05, 3.63) is 29.8 Å². The van der Waals surface area contributed by atoms with E-state index in [4.69, 9.17) is 0 Å². The summed E-state index contributed by atoms with van der Waals surface area (Å²) in [5, 5.41) is 3.51. The summed E-state index contributed by atoms with van der Waals surface area (Å²) in [5.41, 5.74) is 2.67. The molecule has 4 heteroatoms. The number of hydrogen-bond donors (Lipinski definition) is 1. The Morgan fingerprint density at radius 1 is 1.19 bits per heavy atom. The second-order valence-electron chi connectivity index (χ2n) is 6.06. The van der Waals surface area contributed by atoms with Gasteiger partial charge in [-0.3, -0.25) is 4.21 Å². The van der Waals surface area contributed by atoms with Crippen molar-refractivity contribution in [2.75, 3.05) is 30.0 Å². The van der Waals surface area contributed by atoms with Gasteiger partial charge in [0.2, 0.25) is 0 Å². The van der Waals surface area contributed by atoms with Gasteiger partial charge >= 0.3 is 0 Å². The Morgan fingerprint density at radius 2 is 1.86 bits per heavy atom. The van der Waals surface area contributed by atoms with Gasteiger partial charge in [-0.15, -0.1) is 0 Å². The Labute approximate surface area is 131 Å². The molecule has 3 nitrogen and oxygen atoms in total. The van der Waals surface area contributed by atoms with E-state index in [1.54, 1.807) is 6.26 Å². The van der Waals surface area contributed by atoms with Crippen molar-refractivity contribution >= 4 is 16.5 Å². The third-order valence-corrected chi connectivity index (χ3v) is 4.96. The number of hydrogen-bond acceptors (Lipinski definition) is 3. The topological polar surface area (TPSA) is 32.3 Å². The molecule has 1 aromatic carbocycles. The Hall–Kier alpha value is -0.870. The third kappa shape index (κ3) is 5.79. The fourth-order valence-corrected chi connectivity index (χ4v) is 3.40. The van der Waals surface area contributed by atoms with Crippen LogP contribution in [0.15, 0.2) is 24.3 Å². The van der Waals surface area contributed by atoms with Crippen LogP contribution >= 0.6 is 0 Å². The minimum atomic E-state index is -0.686. The van der Waals surface area contributed by atoms with Gasteiger partial charge < -0.3 is 10.2 Å². The highest BCUT2D eigenvalue weighted by molar-refractivity contribution is 7.84. The quantitative estimate of drug-likeness (QED) is 0.840. The number of anilines is 1. The fraction of sp³-hybridized carbons (Fsp3) is 0.647. The smallest absolute Gasteiger partial charge is 0.0366 e. The highest BCUT2D eigenvalue weighted by Gasteiger charge is 2.10. The van der Waals surface area contributed by atoms with Crippen molar-refractivity contribution in [3.63, 3.8) is 0 Å². The van der Waals surface area contributed by atoms with Gasteiger partial charge in [-0.05, 0) is 50.3 Å². The minimum Gasteiger partial charge on any atom is -0.372 e. The number of nitrogens with zero attached hydrogens (tertiary/aromatic N) is 1. The summed E-state index contributed by atoms with van der Waals surface area (Å²) in [6, 6.07) is 9.35. The monoisotopic (exact) mass is 308 g/mol. The molecule has 0 aliphatic carbocycles. The van der Waals surface area contributed by atoms with Crippen LogP contribution in [0.5, 0.6) is 0 Å². The van der Waals surface area contributed by atoms with E-state index in [2.05, 4.69) is 41.4 Å². The van der Waals surface area contributed by atoms with Crippen molar-refractivity contribution in [3.8, 4) is 0 Å². The molecule has 1 fully saturated rings. The summed E-state index contributed by atoms with van der Waals surface area (Å²) in [6.45, 7) is 5.44. The van der Waals surface area contributed by atoms with Crippen LogP contribution in [-0.4, -0.2) is 35.3 Å². The van der Waals surface area contributed by atoms with Crippen LogP contribution in [-0.2, 0) is 17.3 Å². The van der Waals surface area contributed by atoms with Crippen LogP contribution in [0.4, 0.5) is 5.69 Å². The maximum absolute atomic E-state index is 11.1. The average Bonchev–Trinajstić information content (AvgIpc) is 2.52. The number of rotatable bonds is 7. The fourth-order valence-electron chi connectivity index (χ4n) is 2.71. The molecule has 0 radical (unpaired) electrons. The van der Waals surface area contributed by atoms with Crippen molar-refractivity contribution in [1.29, 1.82) is 0 Å². The van der Waals surface area contributed by atoms with E-state index in [9.17, 15) is 4.21 Å². The van der Waals surface area contributed by atoms with E-state index < -0.39 is 10.8 Å². The lowest BCUT2D eigenvalue weighted by atomic mass is 10.1. The Morgan fingerprint density at radius 3 is 2.48 bits per heavy atom. The normalized spacial score (nSPS) is 18.5. The summed E-state index contributed by atoms with van der Waals surface area (Å²) in [7, 11) is -0.686. The summed E-state index contributed by atoms with van der Waals surface area (Å²) in [4.78, 5) is 2.49. The van der Waals surface area contributed by atoms with Gasteiger partial charge in [0, 0.05) is 54.2 Å². The van der Waals surface area contributed by atoms with Crippen LogP contribution in [0.1, 0.15) is 38.2 Å². The van der Waals surface area contributed by atoms with Gasteiger partial charge in [0.15, 0.2) is 0 Å². The predicted molar refractivity (Wildman–Crippen MR) is 92.4 cm³/mol. The average molecular weight is 308 g/mol. The standard InChI is InChI=1S/C17H28N2OS/c1-15(10-13-21(2)20)18-14-16-6-8-17(9-7-16)19-11-4-3-5-12-19/h6-9,15,18H,3-5,10-14H2,1-2H3. The zero-order chi connectivity index (χ0) is 15.1. The summed E-state index contributed by atoms with van der Waals surface area (Å²) < 4.78 is 11.1. The first-order chi connectivity index (χ1) is 10.1. The lowest BCUT2D eigenvalue weighted by Gasteiger charge is -2.29. The van der Waals surface area contributed by atoms with Crippen LogP contribution in [0.2, 0.25) is 0 Å². The SMILES string of the molecule is CC(CCS(C)=O)NCc1ccc(N2CCCCC2)cc1. The van der Waals surface area contributed by atoms with Crippen molar-refractivity contribution in [1.82, 2.24) is 5.32 Å². The van der Waals surface area contributed by atoms with Crippen molar-refractivity contribution in [2.45, 2.75) is 45.2 Å². The molecule has 2 unspecified atom stereocenters. The predicted octanol–water partition coefficient (Wildman–Crippen LogP) is 2.92. The van der Waals surface area contributed by atoms with Gasteiger partial charge in [0.05, 0.1) is 0 Å². The van der Waals surface area contributed by atoms with Crippen molar-refractivity contribution < 1.29 is 4.21 Å². The maximum Gasteiger partial charge on any atom is 0.0366 e. The van der Waals surface area contributed by atoms with Crippen LogP contribution < -0.4 is 10.2 Å². The molecule has 1 N–H and O–H groups in total. The second kappa shape index (κ2) is 8.54. The maximum atomic E-state index is 11.1. The first-order valence-electron chi connectivity index (χ1n) is 8.02. The lowest BCUT2D eigenvalue weighted by molar-refractivity contribution is 0.534. The molecule has 0 aromatic heterocycles. The van der Waals surface area contributed by atoms with E-state index in [-0.39, 0.29) is 0 Å². The summed E-state index contributed by atoms with van der Waals surface area (Å²) in [5.74, 6) is 0.780. The molecule has 1 aliphatic rings. The van der Waals surface area contributed by atoms with E-state index in [0.29, 0.717) is 6.04 Å². The first kappa shape index (κ1) is 16.5. The lowest BCUT2D eigenvalue weighted by Crippen LogP contribution is -2.29. The van der Waals surface area contributed by atoms with E-state index in [1.165, 1.54) is 43.6 Å². The Kier molecular flexibility index (Phi) is 6.71. The van der Waals surface area contributed by atoms with Gasteiger partial charge in [0.25, 0.3) is 0 Å². The Balaban J connectivity index is 1.77. The van der Waals surface area contributed by atoms with Gasteiger partial charge in [-0.2, -0.15) is 0 Å². The first-order valence-corrected chi connectivity index (χ1v) is 9.75. The van der Waals surface area contributed by atoms with E-state index in [0.717, 1.165) is 18.7 Å². The number of benzene rings is 1. The van der Waals surface area contributed by atoms with Crippen LogP contribution in [0.3, 0.4) is 0 Å². The molecule has 118 valence electrons. The summed E-state index contributed by atoms with van der Waals surface area (Å²) >= 11 is 0. The summed E-state index contributed by atoms with van der Waals surface area (Å²) in [6.07, 6.45) is 6.75. The highest BCUT2D eigenvalue weighted by atomic mass is 32.2. The molecule has 2 rings (SSSR count). The molecule has 0 amide bonds. The molecular weight excluding hydrogens is 280 g/mol. The zero-order valence-corrected chi connectivity index (χ0v) is 14.1. The number of piperidine rings is 1.